The van der Waals surface area contributed by atoms with Gasteiger partial charge in [0.25, 0.3) is 0 Å². The monoisotopic (exact) mass is 253 g/mol. The summed E-state index contributed by atoms with van der Waals surface area (Å²) in [7, 11) is 1.65. The van der Waals surface area contributed by atoms with Crippen LogP contribution in [0.15, 0.2) is 54.6 Å². The van der Waals surface area contributed by atoms with Crippen LogP contribution in [0.5, 0.6) is 11.5 Å². The molecule has 0 spiro atoms. The fraction of sp³-hybridized carbons (Fsp3) is 0.125. The Kier molecular flexibility index (Phi) is 3.11. The van der Waals surface area contributed by atoms with Crippen LogP contribution in [0.2, 0.25) is 0 Å². The van der Waals surface area contributed by atoms with Gasteiger partial charge >= 0.3 is 0 Å². The zero-order chi connectivity index (χ0) is 13.1. The number of hydrogen-bond acceptors (Lipinski definition) is 2. The number of rotatable bonds is 4. The molecule has 0 radical (unpaired) electrons. The summed E-state index contributed by atoms with van der Waals surface area (Å²) in [5.41, 5.74) is 2.19. The Hall–Kier alpha value is -2.42. The van der Waals surface area contributed by atoms with E-state index in [1.807, 2.05) is 36.4 Å². The molecule has 3 aromatic rings. The molecular formula is C16H15NO2. The Morgan fingerprint density at radius 3 is 2.63 bits per heavy atom. The van der Waals surface area contributed by atoms with Crippen LogP contribution in [-0.2, 0) is 6.61 Å². The van der Waals surface area contributed by atoms with Crippen molar-refractivity contribution in [2.45, 2.75) is 6.61 Å². The van der Waals surface area contributed by atoms with Gasteiger partial charge in [-0.05, 0) is 29.7 Å². The first-order chi connectivity index (χ1) is 9.35. The summed E-state index contributed by atoms with van der Waals surface area (Å²) in [6.45, 7) is 0.516. The van der Waals surface area contributed by atoms with Crippen molar-refractivity contribution in [3.05, 3.63) is 60.3 Å². The van der Waals surface area contributed by atoms with Crippen LogP contribution < -0.4 is 9.47 Å². The van der Waals surface area contributed by atoms with Crippen molar-refractivity contribution < 1.29 is 9.47 Å². The van der Waals surface area contributed by atoms with Crippen molar-refractivity contribution in [3.63, 3.8) is 0 Å². The lowest BCUT2D eigenvalue weighted by molar-refractivity contribution is 0.300. The molecule has 3 heteroatoms. The van der Waals surface area contributed by atoms with E-state index in [-0.39, 0.29) is 0 Å². The van der Waals surface area contributed by atoms with Gasteiger partial charge in [-0.1, -0.05) is 24.3 Å². The second kappa shape index (κ2) is 5.06. The predicted octanol–water partition coefficient (Wildman–Crippen LogP) is 3.76. The molecule has 19 heavy (non-hydrogen) atoms. The molecule has 1 N–H and O–H groups in total. The lowest BCUT2D eigenvalue weighted by Gasteiger charge is -2.06. The number of para-hydroxylation sites is 1. The fourth-order valence-electron chi connectivity index (χ4n) is 2.06. The van der Waals surface area contributed by atoms with E-state index in [9.17, 15) is 0 Å². The molecule has 0 amide bonds. The zero-order valence-corrected chi connectivity index (χ0v) is 10.7. The average molecular weight is 253 g/mol. The van der Waals surface area contributed by atoms with Crippen LogP contribution in [0.1, 0.15) is 5.69 Å². The van der Waals surface area contributed by atoms with E-state index in [1.165, 1.54) is 5.39 Å². The Morgan fingerprint density at radius 2 is 1.79 bits per heavy atom. The highest BCUT2D eigenvalue weighted by Crippen LogP contribution is 2.21. The van der Waals surface area contributed by atoms with Crippen LogP contribution in [0.4, 0.5) is 0 Å². The molecule has 0 fully saturated rings. The fourth-order valence-corrected chi connectivity index (χ4v) is 2.06. The standard InChI is InChI=1S/C16H15NO2/c1-18-14-6-4-7-15(10-14)19-11-13-9-12-5-2-3-8-16(12)17-13/h2-10,17H,11H2,1H3. The summed E-state index contributed by atoms with van der Waals surface area (Å²) in [5.74, 6) is 1.60. The van der Waals surface area contributed by atoms with Crippen LogP contribution in [-0.4, -0.2) is 12.1 Å². The van der Waals surface area contributed by atoms with Crippen molar-refractivity contribution in [2.75, 3.05) is 7.11 Å². The quantitative estimate of drug-likeness (QED) is 0.768. The van der Waals surface area contributed by atoms with Gasteiger partial charge in [0.15, 0.2) is 0 Å². The van der Waals surface area contributed by atoms with Crippen molar-refractivity contribution in [1.29, 1.82) is 0 Å². The smallest absolute Gasteiger partial charge is 0.128 e. The third-order valence-electron chi connectivity index (χ3n) is 3.02. The molecule has 0 bridgehead atoms. The van der Waals surface area contributed by atoms with Gasteiger partial charge in [0.2, 0.25) is 0 Å². The number of methoxy groups -OCH3 is 1. The van der Waals surface area contributed by atoms with Crippen molar-refractivity contribution in [2.24, 2.45) is 0 Å². The molecule has 0 atom stereocenters. The highest BCUT2D eigenvalue weighted by atomic mass is 16.5. The Morgan fingerprint density at radius 1 is 0.947 bits per heavy atom. The third kappa shape index (κ3) is 2.55. The lowest BCUT2D eigenvalue weighted by Crippen LogP contribution is -1.95. The predicted molar refractivity (Wildman–Crippen MR) is 75.6 cm³/mol. The van der Waals surface area contributed by atoms with Crippen LogP contribution in [0, 0.1) is 0 Å². The maximum atomic E-state index is 5.75. The lowest BCUT2D eigenvalue weighted by atomic mass is 10.2. The van der Waals surface area contributed by atoms with E-state index < -0.39 is 0 Å². The van der Waals surface area contributed by atoms with Gasteiger partial charge in [-0.25, -0.2) is 0 Å². The molecule has 2 aromatic carbocycles. The number of ether oxygens (including phenoxy) is 2. The van der Waals surface area contributed by atoms with Gasteiger partial charge in [0.05, 0.1) is 12.8 Å². The minimum atomic E-state index is 0.516. The van der Waals surface area contributed by atoms with Crippen LogP contribution in [0.3, 0.4) is 0 Å². The van der Waals surface area contributed by atoms with Gasteiger partial charge in [0, 0.05) is 11.6 Å². The van der Waals surface area contributed by atoms with Crippen LogP contribution >= 0.6 is 0 Å². The summed E-state index contributed by atoms with van der Waals surface area (Å²) in [4.78, 5) is 3.34. The van der Waals surface area contributed by atoms with Crippen molar-refractivity contribution in [3.8, 4) is 11.5 Å². The molecule has 0 unspecified atom stereocenters. The molecule has 3 rings (SSSR count). The minimum absolute atomic E-state index is 0.516. The summed E-state index contributed by atoms with van der Waals surface area (Å²) in [5, 5.41) is 1.20. The largest absolute Gasteiger partial charge is 0.497 e. The van der Waals surface area contributed by atoms with Crippen molar-refractivity contribution >= 4 is 10.9 Å². The van der Waals surface area contributed by atoms with E-state index in [0.717, 1.165) is 22.7 Å². The Labute approximate surface area is 111 Å². The maximum Gasteiger partial charge on any atom is 0.128 e. The zero-order valence-electron chi connectivity index (χ0n) is 10.7. The van der Waals surface area contributed by atoms with Gasteiger partial charge in [-0.3, -0.25) is 0 Å². The number of aromatic nitrogens is 1. The Bertz CT molecular complexity index is 655. The summed E-state index contributed by atoms with van der Waals surface area (Å²) in [6, 6.07) is 17.9. The first-order valence-corrected chi connectivity index (χ1v) is 6.18. The van der Waals surface area contributed by atoms with Gasteiger partial charge < -0.3 is 14.5 Å². The highest BCUT2D eigenvalue weighted by molar-refractivity contribution is 5.80. The van der Waals surface area contributed by atoms with Crippen molar-refractivity contribution in [1.82, 2.24) is 4.98 Å². The second-order valence-corrected chi connectivity index (χ2v) is 4.35. The summed E-state index contributed by atoms with van der Waals surface area (Å²) in [6.07, 6.45) is 0. The van der Waals surface area contributed by atoms with E-state index in [1.54, 1.807) is 7.11 Å². The minimum Gasteiger partial charge on any atom is -0.497 e. The maximum absolute atomic E-state index is 5.75. The second-order valence-electron chi connectivity index (χ2n) is 4.35. The molecule has 0 saturated heterocycles. The highest BCUT2D eigenvalue weighted by Gasteiger charge is 2.01. The first-order valence-electron chi connectivity index (χ1n) is 6.18. The van der Waals surface area contributed by atoms with E-state index in [0.29, 0.717) is 6.61 Å². The topological polar surface area (TPSA) is 34.2 Å². The molecule has 0 aliphatic carbocycles. The molecule has 0 aliphatic heterocycles. The average Bonchev–Trinajstić information content (AvgIpc) is 2.88. The van der Waals surface area contributed by atoms with E-state index in [4.69, 9.17) is 9.47 Å². The van der Waals surface area contributed by atoms with Gasteiger partial charge in [-0.2, -0.15) is 0 Å². The Balaban J connectivity index is 1.74. The van der Waals surface area contributed by atoms with Gasteiger partial charge in [0.1, 0.15) is 18.1 Å². The number of fused-ring (bicyclic) bond motifs is 1. The molecule has 1 aromatic heterocycles. The molecule has 0 saturated carbocycles. The third-order valence-corrected chi connectivity index (χ3v) is 3.02. The number of benzene rings is 2. The number of aromatic amines is 1. The molecule has 1 heterocycles. The molecular weight excluding hydrogens is 238 g/mol. The SMILES string of the molecule is COc1cccc(OCc2cc3ccccc3[nH]2)c1. The van der Waals surface area contributed by atoms with E-state index >= 15 is 0 Å². The normalized spacial score (nSPS) is 10.6. The van der Waals surface area contributed by atoms with E-state index in [2.05, 4.69) is 23.2 Å². The molecule has 3 nitrogen and oxygen atoms in total. The molecule has 0 aliphatic rings. The van der Waals surface area contributed by atoms with Crippen LogP contribution in [0.25, 0.3) is 10.9 Å². The number of nitrogens with one attached hydrogen (secondary N) is 1. The summed E-state index contributed by atoms with van der Waals surface area (Å²) < 4.78 is 10.9. The number of H-pyrrole nitrogens is 1. The summed E-state index contributed by atoms with van der Waals surface area (Å²) >= 11 is 0. The molecule has 96 valence electrons. The first kappa shape index (κ1) is 11.7. The number of hydrogen-bond donors (Lipinski definition) is 1. The van der Waals surface area contributed by atoms with Gasteiger partial charge in [-0.15, -0.1) is 0 Å².